The third kappa shape index (κ3) is 2.46. The molecular weight excluding hydrogens is 222 g/mol. The number of hydrogen-bond acceptors (Lipinski definition) is 2. The van der Waals surface area contributed by atoms with Crippen molar-refractivity contribution < 1.29 is 4.74 Å². The van der Waals surface area contributed by atoms with Gasteiger partial charge in [-0.15, -0.1) is 0 Å². The van der Waals surface area contributed by atoms with E-state index in [1.54, 1.807) is 0 Å². The van der Waals surface area contributed by atoms with Gasteiger partial charge in [-0.05, 0) is 59.4 Å². The Balaban J connectivity index is 2.22. The first-order valence-electron chi connectivity index (χ1n) is 7.58. The molecule has 2 unspecified atom stereocenters. The molecule has 0 radical (unpaired) electrons. The average molecular weight is 253 g/mol. The van der Waals surface area contributed by atoms with Crippen molar-refractivity contribution in [2.45, 2.75) is 84.0 Å². The van der Waals surface area contributed by atoms with Gasteiger partial charge in [0.25, 0.3) is 0 Å². The summed E-state index contributed by atoms with van der Waals surface area (Å²) in [6.45, 7) is 11.5. The van der Waals surface area contributed by atoms with Gasteiger partial charge >= 0.3 is 0 Å². The van der Waals surface area contributed by atoms with Crippen molar-refractivity contribution in [3.05, 3.63) is 0 Å². The Morgan fingerprint density at radius 3 is 2.00 bits per heavy atom. The van der Waals surface area contributed by atoms with Crippen molar-refractivity contribution in [3.8, 4) is 0 Å². The molecule has 2 aliphatic rings. The summed E-state index contributed by atoms with van der Waals surface area (Å²) in [5.74, 6) is 0.612. The summed E-state index contributed by atoms with van der Waals surface area (Å²) in [4.78, 5) is 0. The second-order valence-electron chi connectivity index (χ2n) is 7.90. The average Bonchev–Trinajstić information content (AvgIpc) is 2.71. The normalized spacial score (nSPS) is 34.7. The molecule has 2 atom stereocenters. The van der Waals surface area contributed by atoms with Gasteiger partial charge in [0.1, 0.15) is 0 Å². The van der Waals surface area contributed by atoms with Crippen molar-refractivity contribution in [3.63, 3.8) is 0 Å². The van der Waals surface area contributed by atoms with Crippen LogP contribution in [-0.4, -0.2) is 24.3 Å². The van der Waals surface area contributed by atoms with Crippen molar-refractivity contribution in [1.82, 2.24) is 5.32 Å². The van der Waals surface area contributed by atoms with Crippen LogP contribution in [0.2, 0.25) is 0 Å². The third-order valence-corrected chi connectivity index (χ3v) is 5.35. The van der Waals surface area contributed by atoms with E-state index < -0.39 is 0 Å². The van der Waals surface area contributed by atoms with Gasteiger partial charge in [0, 0.05) is 12.0 Å². The van der Waals surface area contributed by atoms with Gasteiger partial charge in [-0.25, -0.2) is 0 Å². The molecule has 1 N–H and O–H groups in total. The lowest BCUT2D eigenvalue weighted by Crippen LogP contribution is -2.51. The zero-order valence-corrected chi connectivity index (χ0v) is 13.1. The molecule has 2 heteroatoms. The molecule has 0 aromatic carbocycles. The van der Waals surface area contributed by atoms with E-state index in [2.05, 4.69) is 47.0 Å². The molecule has 1 aliphatic carbocycles. The first kappa shape index (κ1) is 14.3. The standard InChI is InChI=1S/C16H31NO/c1-14(2)11-12(15(3,4)18-14)13(17-6)16(5)9-7-8-10-16/h12-13,17H,7-11H2,1-6H3. The number of hydrogen-bond donors (Lipinski definition) is 1. The Bertz CT molecular complexity index is 302. The first-order chi connectivity index (χ1) is 8.20. The molecule has 1 heterocycles. The fraction of sp³-hybridized carbons (Fsp3) is 1.00. The molecule has 2 rings (SSSR count). The van der Waals surface area contributed by atoms with E-state index in [0.717, 1.165) is 0 Å². The Morgan fingerprint density at radius 1 is 1.06 bits per heavy atom. The lowest BCUT2D eigenvalue weighted by atomic mass is 9.68. The van der Waals surface area contributed by atoms with Crippen LogP contribution in [-0.2, 0) is 4.74 Å². The number of rotatable bonds is 3. The molecule has 1 saturated heterocycles. The fourth-order valence-electron chi connectivity index (χ4n) is 4.65. The Morgan fingerprint density at radius 2 is 1.61 bits per heavy atom. The van der Waals surface area contributed by atoms with Crippen LogP contribution in [0.3, 0.4) is 0 Å². The summed E-state index contributed by atoms with van der Waals surface area (Å²) in [5, 5.41) is 3.64. The largest absolute Gasteiger partial charge is 0.369 e. The highest BCUT2D eigenvalue weighted by atomic mass is 16.5. The lowest BCUT2D eigenvalue weighted by molar-refractivity contribution is -0.0822. The molecule has 0 spiro atoms. The molecule has 0 aromatic rings. The first-order valence-corrected chi connectivity index (χ1v) is 7.58. The molecule has 1 aliphatic heterocycles. The number of ether oxygens (including phenoxy) is 1. The van der Waals surface area contributed by atoms with Crippen LogP contribution >= 0.6 is 0 Å². The van der Waals surface area contributed by atoms with Gasteiger partial charge in [0.05, 0.1) is 11.2 Å². The molecule has 0 bridgehead atoms. The Labute approximate surface area is 113 Å². The van der Waals surface area contributed by atoms with Crippen molar-refractivity contribution in [1.29, 1.82) is 0 Å². The van der Waals surface area contributed by atoms with Crippen LogP contribution in [0.15, 0.2) is 0 Å². The number of nitrogens with one attached hydrogen (secondary N) is 1. The molecule has 0 aromatic heterocycles. The van der Waals surface area contributed by atoms with Gasteiger partial charge in [0.2, 0.25) is 0 Å². The van der Waals surface area contributed by atoms with Gasteiger partial charge in [-0.2, -0.15) is 0 Å². The Kier molecular flexibility index (Phi) is 3.57. The maximum atomic E-state index is 6.30. The van der Waals surface area contributed by atoms with Gasteiger partial charge in [-0.3, -0.25) is 0 Å². The van der Waals surface area contributed by atoms with Crippen molar-refractivity contribution >= 4 is 0 Å². The summed E-state index contributed by atoms with van der Waals surface area (Å²) >= 11 is 0. The molecule has 106 valence electrons. The van der Waals surface area contributed by atoms with Crippen LogP contribution in [0, 0.1) is 11.3 Å². The quantitative estimate of drug-likeness (QED) is 0.827. The minimum absolute atomic E-state index is 0.0111. The lowest BCUT2D eigenvalue weighted by Gasteiger charge is -2.42. The topological polar surface area (TPSA) is 21.3 Å². The van der Waals surface area contributed by atoms with E-state index in [-0.39, 0.29) is 11.2 Å². The van der Waals surface area contributed by atoms with Crippen LogP contribution < -0.4 is 5.32 Å². The predicted molar refractivity (Wildman–Crippen MR) is 76.8 cm³/mol. The van der Waals surface area contributed by atoms with Crippen molar-refractivity contribution in [2.75, 3.05) is 7.05 Å². The molecule has 0 amide bonds. The second-order valence-corrected chi connectivity index (χ2v) is 7.90. The maximum Gasteiger partial charge on any atom is 0.0677 e. The van der Waals surface area contributed by atoms with E-state index in [1.165, 1.54) is 32.1 Å². The van der Waals surface area contributed by atoms with Crippen molar-refractivity contribution in [2.24, 2.45) is 11.3 Å². The summed E-state index contributed by atoms with van der Waals surface area (Å²) in [6, 6.07) is 0.580. The van der Waals surface area contributed by atoms with Gasteiger partial charge < -0.3 is 10.1 Å². The predicted octanol–water partition coefficient (Wildman–Crippen LogP) is 3.75. The highest BCUT2D eigenvalue weighted by Gasteiger charge is 2.53. The minimum Gasteiger partial charge on any atom is -0.369 e. The fourth-order valence-corrected chi connectivity index (χ4v) is 4.65. The summed E-state index contributed by atoms with van der Waals surface area (Å²) < 4.78 is 6.30. The molecule has 1 saturated carbocycles. The SMILES string of the molecule is CNC(C1CC(C)(C)OC1(C)C)C1(C)CCCC1. The van der Waals surface area contributed by atoms with E-state index in [0.29, 0.717) is 17.4 Å². The summed E-state index contributed by atoms with van der Waals surface area (Å²) in [6.07, 6.45) is 6.69. The smallest absolute Gasteiger partial charge is 0.0677 e. The molecule has 2 fully saturated rings. The van der Waals surface area contributed by atoms with Gasteiger partial charge in [0.15, 0.2) is 0 Å². The monoisotopic (exact) mass is 253 g/mol. The highest BCUT2D eigenvalue weighted by molar-refractivity contribution is 5.05. The van der Waals surface area contributed by atoms with Crippen LogP contribution in [0.4, 0.5) is 0 Å². The molecule has 18 heavy (non-hydrogen) atoms. The van der Waals surface area contributed by atoms with Gasteiger partial charge in [-0.1, -0.05) is 19.8 Å². The van der Waals surface area contributed by atoms with Crippen LogP contribution in [0.5, 0.6) is 0 Å². The zero-order valence-electron chi connectivity index (χ0n) is 13.1. The molecule has 2 nitrogen and oxygen atoms in total. The van der Waals surface area contributed by atoms with Crippen LogP contribution in [0.1, 0.15) is 66.7 Å². The third-order valence-electron chi connectivity index (χ3n) is 5.35. The maximum absolute atomic E-state index is 6.30. The van der Waals surface area contributed by atoms with E-state index in [9.17, 15) is 0 Å². The second kappa shape index (κ2) is 4.49. The van der Waals surface area contributed by atoms with Crippen LogP contribution in [0.25, 0.3) is 0 Å². The van der Waals surface area contributed by atoms with E-state index >= 15 is 0 Å². The Hall–Kier alpha value is -0.0800. The zero-order chi connectivity index (χ0) is 13.6. The molecular formula is C16H31NO. The highest BCUT2D eigenvalue weighted by Crippen LogP contribution is 2.51. The summed E-state index contributed by atoms with van der Waals surface area (Å²) in [7, 11) is 2.13. The summed E-state index contributed by atoms with van der Waals surface area (Å²) in [5.41, 5.74) is 0.474. The van der Waals surface area contributed by atoms with E-state index in [4.69, 9.17) is 4.74 Å². The minimum atomic E-state index is -0.0111. The van der Waals surface area contributed by atoms with E-state index in [1.807, 2.05) is 0 Å².